The zero-order chi connectivity index (χ0) is 29.8. The molecule has 2 heterocycles. The maximum atomic E-state index is 13.4. The Labute approximate surface area is 247 Å². The second-order valence-electron chi connectivity index (χ2n) is 9.55. The zero-order valence-corrected chi connectivity index (χ0v) is 22.9. The summed E-state index contributed by atoms with van der Waals surface area (Å²) in [5, 5.41) is 16.1. The topological polar surface area (TPSA) is 90.6 Å². The van der Waals surface area contributed by atoms with E-state index in [1.54, 1.807) is 103 Å². The highest BCUT2D eigenvalue weighted by molar-refractivity contribution is 6.36. The Morgan fingerprint density at radius 2 is 0.907 bits per heavy atom. The second-order valence-corrected chi connectivity index (χ2v) is 9.55. The number of anilines is 2. The van der Waals surface area contributed by atoms with Gasteiger partial charge in [-0.15, -0.1) is 0 Å². The Hall–Kier alpha value is -6.15. The Kier molecular flexibility index (Phi) is 7.39. The summed E-state index contributed by atoms with van der Waals surface area (Å²) >= 11 is 0. The molecule has 1 aromatic heterocycles. The molecule has 43 heavy (non-hydrogen) atoms. The van der Waals surface area contributed by atoms with Crippen LogP contribution in [0.4, 0.5) is 11.4 Å². The summed E-state index contributed by atoms with van der Waals surface area (Å²) in [5.74, 6) is -1.41. The minimum absolute atomic E-state index is 0.0245. The minimum atomic E-state index is -0.471. The molecule has 0 radical (unpaired) electrons. The van der Waals surface area contributed by atoms with Gasteiger partial charge in [0.2, 0.25) is 0 Å². The third-order valence-corrected chi connectivity index (χ3v) is 6.84. The van der Waals surface area contributed by atoms with Gasteiger partial charge in [-0.3, -0.25) is 19.1 Å². The van der Waals surface area contributed by atoms with E-state index in [0.29, 0.717) is 22.7 Å². The summed E-state index contributed by atoms with van der Waals surface area (Å²) in [6.07, 6.45) is 7.51. The van der Waals surface area contributed by atoms with Crippen molar-refractivity contribution in [2.75, 3.05) is 10.0 Å². The number of benzene rings is 4. The summed E-state index contributed by atoms with van der Waals surface area (Å²) in [5.41, 5.74) is 1.69. The molecule has 1 aliphatic rings. The van der Waals surface area contributed by atoms with E-state index in [2.05, 4.69) is 0 Å². The number of hydrogen-bond acceptors (Lipinski definition) is 4. The maximum absolute atomic E-state index is 13.4. The smallest absolute Gasteiger partial charge is 0.283 e. The van der Waals surface area contributed by atoms with Crippen LogP contribution in [0.15, 0.2) is 156 Å². The normalized spacial score (nSPS) is 13.5. The van der Waals surface area contributed by atoms with Crippen LogP contribution >= 0.6 is 0 Å². The van der Waals surface area contributed by atoms with Crippen molar-refractivity contribution < 1.29 is 14.7 Å². The number of hydrazine groups is 1. The van der Waals surface area contributed by atoms with Gasteiger partial charge >= 0.3 is 0 Å². The number of para-hydroxylation sites is 4. The lowest BCUT2D eigenvalue weighted by atomic mass is 10.2. The predicted molar refractivity (Wildman–Crippen MR) is 165 cm³/mol. The molecule has 6 rings (SSSR count). The van der Waals surface area contributed by atoms with E-state index in [9.17, 15) is 19.5 Å². The van der Waals surface area contributed by atoms with Crippen LogP contribution in [0.2, 0.25) is 0 Å². The van der Waals surface area contributed by atoms with Crippen molar-refractivity contribution in [2.24, 2.45) is 0 Å². The van der Waals surface area contributed by atoms with Gasteiger partial charge in [-0.05, 0) is 60.7 Å². The lowest BCUT2D eigenvalue weighted by molar-refractivity contribution is -0.278. The average molecular weight is 566 g/mol. The fraction of sp³-hybridized carbons (Fsp3) is 0. The van der Waals surface area contributed by atoms with E-state index >= 15 is 0 Å². The van der Waals surface area contributed by atoms with Gasteiger partial charge < -0.3 is 5.11 Å². The minimum Gasteiger partial charge on any atom is -0.858 e. The summed E-state index contributed by atoms with van der Waals surface area (Å²) < 4.78 is 2.68. The molecular formula is C35H25N4O4-. The van der Waals surface area contributed by atoms with Crippen LogP contribution in [0.25, 0.3) is 17.5 Å². The van der Waals surface area contributed by atoms with Crippen LogP contribution in [0.5, 0.6) is 5.88 Å². The van der Waals surface area contributed by atoms with Gasteiger partial charge in [0, 0.05) is 5.88 Å². The quantitative estimate of drug-likeness (QED) is 0.154. The predicted octanol–water partition coefficient (Wildman–Crippen LogP) is 5.19. The van der Waals surface area contributed by atoms with Gasteiger partial charge in [0.05, 0.1) is 28.3 Å². The van der Waals surface area contributed by atoms with Crippen molar-refractivity contribution >= 4 is 29.3 Å². The van der Waals surface area contributed by atoms with Crippen molar-refractivity contribution in [1.82, 2.24) is 9.36 Å². The molecule has 1 fully saturated rings. The van der Waals surface area contributed by atoms with Gasteiger partial charge in [-0.25, -0.2) is 14.7 Å². The van der Waals surface area contributed by atoms with Crippen molar-refractivity contribution in [3.8, 4) is 17.3 Å². The second kappa shape index (κ2) is 11.8. The average Bonchev–Trinajstić information content (AvgIpc) is 3.46. The molecule has 0 unspecified atom stereocenters. The molecule has 2 amide bonds. The maximum Gasteiger partial charge on any atom is 0.283 e. The van der Waals surface area contributed by atoms with Crippen molar-refractivity contribution in [1.29, 1.82) is 0 Å². The van der Waals surface area contributed by atoms with Gasteiger partial charge in [-0.1, -0.05) is 91.0 Å². The SMILES string of the molecule is O=C1C(=CC=CC=Cc2c([O-])n(-c3ccccc3)n(-c3ccccc3)c2=O)C(=O)N(c2ccccc2)N1c1ccccc1. The summed E-state index contributed by atoms with van der Waals surface area (Å²) in [6, 6.07) is 35.8. The zero-order valence-electron chi connectivity index (χ0n) is 22.9. The molecule has 210 valence electrons. The number of rotatable bonds is 7. The van der Waals surface area contributed by atoms with E-state index < -0.39 is 23.3 Å². The molecule has 1 saturated heterocycles. The Bertz CT molecular complexity index is 1860. The van der Waals surface area contributed by atoms with E-state index in [1.807, 2.05) is 24.3 Å². The number of carbonyl (C=O) groups is 2. The third-order valence-electron chi connectivity index (χ3n) is 6.84. The fourth-order valence-electron chi connectivity index (χ4n) is 4.86. The van der Waals surface area contributed by atoms with Gasteiger partial charge in [0.25, 0.3) is 17.4 Å². The number of hydrogen-bond donors (Lipinski definition) is 0. The van der Waals surface area contributed by atoms with Crippen LogP contribution in [0.1, 0.15) is 5.56 Å². The lowest BCUT2D eigenvalue weighted by Crippen LogP contribution is -2.41. The van der Waals surface area contributed by atoms with Crippen LogP contribution in [0.3, 0.4) is 0 Å². The van der Waals surface area contributed by atoms with Gasteiger partial charge in [0.15, 0.2) is 0 Å². The first-order valence-corrected chi connectivity index (χ1v) is 13.6. The largest absolute Gasteiger partial charge is 0.858 e. The van der Waals surface area contributed by atoms with Crippen LogP contribution in [-0.2, 0) is 9.59 Å². The number of amides is 2. The molecule has 0 N–H and O–H groups in total. The lowest BCUT2D eigenvalue weighted by Gasteiger charge is -2.27. The number of nitrogens with zero attached hydrogens (tertiary/aromatic N) is 4. The third kappa shape index (κ3) is 5.09. The molecule has 0 atom stereocenters. The molecule has 0 aliphatic carbocycles. The van der Waals surface area contributed by atoms with Crippen LogP contribution < -0.4 is 20.7 Å². The van der Waals surface area contributed by atoms with Crippen LogP contribution in [-0.4, -0.2) is 21.2 Å². The Morgan fingerprint density at radius 1 is 0.488 bits per heavy atom. The molecule has 0 bridgehead atoms. The van der Waals surface area contributed by atoms with Crippen molar-refractivity contribution in [2.45, 2.75) is 0 Å². The summed E-state index contributed by atoms with van der Waals surface area (Å²) in [4.78, 5) is 40.3. The molecule has 4 aromatic carbocycles. The molecule has 0 saturated carbocycles. The Balaban J connectivity index is 1.32. The van der Waals surface area contributed by atoms with Crippen molar-refractivity contribution in [3.63, 3.8) is 0 Å². The Morgan fingerprint density at radius 3 is 1.37 bits per heavy atom. The van der Waals surface area contributed by atoms with Gasteiger partial charge in [-0.2, -0.15) is 0 Å². The van der Waals surface area contributed by atoms with E-state index in [-0.39, 0.29) is 11.1 Å². The number of aromatic nitrogens is 2. The number of carbonyl (C=O) groups excluding carboxylic acids is 2. The first kappa shape index (κ1) is 27.0. The highest BCUT2D eigenvalue weighted by Gasteiger charge is 2.42. The first-order valence-electron chi connectivity index (χ1n) is 13.6. The molecule has 1 aliphatic heterocycles. The fourth-order valence-corrected chi connectivity index (χ4v) is 4.86. The summed E-state index contributed by atoms with van der Waals surface area (Å²) in [6.45, 7) is 0. The molecular weight excluding hydrogens is 540 g/mol. The van der Waals surface area contributed by atoms with E-state index in [0.717, 1.165) is 0 Å². The molecule has 8 heteroatoms. The first-order chi connectivity index (χ1) is 21.1. The van der Waals surface area contributed by atoms with E-state index in [4.69, 9.17) is 0 Å². The van der Waals surface area contributed by atoms with E-state index in [1.165, 1.54) is 43.7 Å². The summed E-state index contributed by atoms with van der Waals surface area (Å²) in [7, 11) is 0. The molecule has 8 nitrogen and oxygen atoms in total. The standard InChI is InChI=1S/C35H26N4O4/c40-32-30(33(41)37(27-18-8-2-9-19-27)36(32)26-16-6-1-7-17-26)24-14-5-15-25-31-34(42)38(28-20-10-3-11-21-28)39(35(31)43)29-22-12-4-13-23-29/h1-25,40H/p-1. The van der Waals surface area contributed by atoms with Gasteiger partial charge in [0.1, 0.15) is 5.57 Å². The van der Waals surface area contributed by atoms with Crippen molar-refractivity contribution in [3.05, 3.63) is 167 Å². The highest BCUT2D eigenvalue weighted by atomic mass is 16.3. The molecule has 0 spiro atoms. The van der Waals surface area contributed by atoms with Crippen LogP contribution in [0, 0.1) is 0 Å². The molecule has 5 aromatic rings. The number of allylic oxidation sites excluding steroid dienone is 4. The monoisotopic (exact) mass is 565 g/mol. The highest BCUT2D eigenvalue weighted by Crippen LogP contribution is 2.31.